The monoisotopic (exact) mass is 175 g/mol. The molecule has 2 nitrogen and oxygen atoms in total. The van der Waals surface area contributed by atoms with Gasteiger partial charge in [0.1, 0.15) is 0 Å². The molecule has 0 saturated heterocycles. The van der Waals surface area contributed by atoms with Crippen LogP contribution in [0.1, 0.15) is 0 Å². The van der Waals surface area contributed by atoms with Gasteiger partial charge in [0.25, 0.3) is 0 Å². The Bertz CT molecular complexity index is 30.6. The van der Waals surface area contributed by atoms with E-state index in [2.05, 4.69) is 0 Å². The van der Waals surface area contributed by atoms with Gasteiger partial charge < -0.3 is 0 Å². The van der Waals surface area contributed by atoms with Crippen molar-refractivity contribution in [3.05, 3.63) is 0 Å². The minimum Gasteiger partial charge on any atom is -0.0149 e. The van der Waals surface area contributed by atoms with Crippen LogP contribution in [0.3, 0.4) is 0 Å². The summed E-state index contributed by atoms with van der Waals surface area (Å²) in [4.78, 5) is 0. The van der Waals surface area contributed by atoms with Crippen molar-refractivity contribution < 1.29 is 42.8 Å². The van der Waals surface area contributed by atoms with Gasteiger partial charge in [0, 0.05) is 17.1 Å². The van der Waals surface area contributed by atoms with E-state index < -0.39 is 19.1 Å². The maximum atomic E-state index is 8.50. The Morgan fingerprint density at radius 3 is 1.20 bits per heavy atom. The third-order valence-corrected chi connectivity index (χ3v) is 0. The molecule has 0 rings (SSSR count). The van der Waals surface area contributed by atoms with Gasteiger partial charge in [0.05, 0.1) is 0 Å². The summed E-state index contributed by atoms with van der Waals surface area (Å²) in [5, 5.41) is 0. The topological polar surface area (TPSA) is 34.1 Å². The maximum absolute atomic E-state index is 8.50. The summed E-state index contributed by atoms with van der Waals surface area (Å²) in [5.41, 5.74) is 0. The number of hydrogen-bond donors (Lipinski definition) is 0. The van der Waals surface area contributed by atoms with Crippen molar-refractivity contribution in [2.75, 3.05) is 0 Å². The van der Waals surface area contributed by atoms with Gasteiger partial charge in [-0.15, -0.1) is 0 Å². The Morgan fingerprint density at radius 1 is 1.20 bits per heavy atom. The molecular formula is H4CuO2SiTi. The quantitative estimate of drug-likeness (QED) is 0.412. The molecule has 0 amide bonds. The summed E-state index contributed by atoms with van der Waals surface area (Å²) in [6.07, 6.45) is 0. The molecule has 0 aromatic rings. The van der Waals surface area contributed by atoms with Crippen LogP contribution in [-0.2, 0) is 42.8 Å². The van der Waals surface area contributed by atoms with E-state index >= 15 is 0 Å². The van der Waals surface area contributed by atoms with Gasteiger partial charge in [0.2, 0.25) is 0 Å². The van der Waals surface area contributed by atoms with Crippen LogP contribution in [-0.4, -0.2) is 11.0 Å². The van der Waals surface area contributed by atoms with Crippen molar-refractivity contribution >= 4 is 11.0 Å². The molecule has 0 aromatic heterocycles. The second-order valence-electron chi connectivity index (χ2n) is 0.0833. The van der Waals surface area contributed by atoms with Crippen LogP contribution < -0.4 is 0 Å². The van der Waals surface area contributed by atoms with Crippen molar-refractivity contribution in [1.29, 1.82) is 0 Å². The summed E-state index contributed by atoms with van der Waals surface area (Å²) in [6.45, 7) is 0. The molecule has 0 aliphatic heterocycles. The fourth-order valence-corrected chi connectivity index (χ4v) is 0. The van der Waals surface area contributed by atoms with Gasteiger partial charge in [-0.05, 0) is 11.0 Å². The first-order valence-electron chi connectivity index (χ1n) is 0.408. The van der Waals surface area contributed by atoms with Crippen molar-refractivity contribution in [2.24, 2.45) is 0 Å². The molecule has 0 aromatic carbocycles. The summed E-state index contributed by atoms with van der Waals surface area (Å²) in [6, 6.07) is 0. The first kappa shape index (κ1) is 16.6. The Balaban J connectivity index is -0.0000000200. The minimum atomic E-state index is -2.00. The Hall–Kier alpha value is 1.05. The molecule has 0 saturated carbocycles. The molecule has 0 N–H and O–H groups in total. The molecular weight excluding hydrogens is 171 g/mol. The maximum Gasteiger partial charge on any atom is -0.0149 e. The van der Waals surface area contributed by atoms with Crippen LogP contribution in [0, 0.1) is 0 Å². The van der Waals surface area contributed by atoms with Crippen molar-refractivity contribution in [3.8, 4) is 0 Å². The average molecular weight is 176 g/mol. The zero-order chi connectivity index (χ0) is 2.71. The van der Waals surface area contributed by atoms with Gasteiger partial charge in [-0.1, -0.05) is 0 Å². The first-order chi connectivity index (χ1) is 1.41. The second-order valence-corrected chi connectivity index (χ2v) is 0.344. The van der Waals surface area contributed by atoms with Crippen LogP contribution in [0.5, 0.6) is 0 Å². The van der Waals surface area contributed by atoms with E-state index in [1.807, 2.05) is 0 Å². The van der Waals surface area contributed by atoms with Crippen LogP contribution in [0.15, 0.2) is 0 Å². The Kier molecular flexibility index (Phi) is 65.4. The third kappa shape index (κ3) is 42.6. The second kappa shape index (κ2) is 19.7. The van der Waals surface area contributed by atoms with Crippen LogP contribution in [0.4, 0.5) is 0 Å². The molecule has 0 unspecified atom stereocenters. The van der Waals surface area contributed by atoms with E-state index in [-0.39, 0.29) is 28.0 Å². The zero-order valence-electron chi connectivity index (χ0n) is 1.62. The van der Waals surface area contributed by atoms with Crippen molar-refractivity contribution in [2.45, 2.75) is 0 Å². The van der Waals surface area contributed by atoms with E-state index in [1.165, 1.54) is 0 Å². The van der Waals surface area contributed by atoms with Gasteiger partial charge in [-0.2, -0.15) is 0 Å². The van der Waals surface area contributed by atoms with Crippen molar-refractivity contribution in [3.63, 3.8) is 0 Å². The molecule has 0 bridgehead atoms. The Morgan fingerprint density at radius 2 is 1.20 bits per heavy atom. The molecule has 5 heteroatoms. The average Bonchev–Trinajstić information content (AvgIpc) is 0.918. The van der Waals surface area contributed by atoms with Gasteiger partial charge in [-0.25, -0.2) is 0 Å². The molecule has 0 aliphatic carbocycles. The van der Waals surface area contributed by atoms with E-state index in [4.69, 9.17) is 6.65 Å². The van der Waals surface area contributed by atoms with Crippen molar-refractivity contribution in [1.82, 2.24) is 0 Å². The molecule has 0 aliphatic rings. The normalized spacial score (nSPS) is 1.60. The van der Waals surface area contributed by atoms with Gasteiger partial charge in [0.15, 0.2) is 0 Å². The van der Waals surface area contributed by atoms with Crippen LogP contribution >= 0.6 is 0 Å². The first-order valence-corrected chi connectivity index (χ1v) is 1.68. The zero-order valence-corrected chi connectivity index (χ0v) is 4.12. The van der Waals surface area contributed by atoms with E-state index in [0.29, 0.717) is 0 Å². The number of rotatable bonds is 0. The predicted octanol–water partition coefficient (Wildman–Crippen LogP) is -1.69. The van der Waals surface area contributed by atoms with E-state index in [1.54, 1.807) is 0 Å². The van der Waals surface area contributed by atoms with E-state index in [9.17, 15) is 0 Å². The molecule has 0 fully saturated rings. The largest absolute Gasteiger partial charge is 0.0149 e. The standard InChI is InChI=1S/Cu.2O.H4Si.Ti/h;;;1H4;. The summed E-state index contributed by atoms with van der Waals surface area (Å²) in [5.74, 6) is 0. The molecule has 35 valence electrons. The number of hydrogen-bond acceptors (Lipinski definition) is 2. The van der Waals surface area contributed by atoms with Crippen LogP contribution in [0.2, 0.25) is 0 Å². The van der Waals surface area contributed by atoms with Gasteiger partial charge in [-0.3, -0.25) is 0 Å². The van der Waals surface area contributed by atoms with Crippen LogP contribution in [0.25, 0.3) is 0 Å². The summed E-state index contributed by atoms with van der Waals surface area (Å²) < 4.78 is 17.0. The summed E-state index contributed by atoms with van der Waals surface area (Å²) in [7, 11) is 0. The van der Waals surface area contributed by atoms with Gasteiger partial charge >= 0.3 is 25.7 Å². The molecule has 0 heterocycles. The fraction of sp³-hybridized carbons (Fsp3) is 0. The SMILES string of the molecule is [Cu].[O]=[Ti]=[O].[SiH4]. The summed E-state index contributed by atoms with van der Waals surface area (Å²) >= 11 is -2.00. The smallest absolute Gasteiger partial charge is 0.0149 e. The Labute approximate surface area is 53.8 Å². The van der Waals surface area contributed by atoms with E-state index in [0.717, 1.165) is 0 Å². The molecule has 0 spiro atoms. The predicted molar refractivity (Wildman–Crippen MR) is 12.7 cm³/mol. The molecule has 1 radical (unpaired) electrons. The minimum absolute atomic E-state index is 0. The fourth-order valence-electron chi connectivity index (χ4n) is 0. The molecule has 5 heavy (non-hydrogen) atoms. The molecule has 0 atom stereocenters. The third-order valence-electron chi connectivity index (χ3n) is 0.